The van der Waals surface area contributed by atoms with Crippen LogP contribution in [0.1, 0.15) is 38.2 Å². The Morgan fingerprint density at radius 3 is 2.91 bits per heavy atom. The smallest absolute Gasteiger partial charge is 0.244 e. The van der Waals surface area contributed by atoms with Crippen LogP contribution >= 0.6 is 15.9 Å². The van der Waals surface area contributed by atoms with Crippen LogP contribution < -0.4 is 14.9 Å². The molecular weight excluding hydrogens is 360 g/mol. The first-order valence-corrected chi connectivity index (χ1v) is 8.81. The van der Waals surface area contributed by atoms with E-state index < -0.39 is 0 Å². The van der Waals surface area contributed by atoms with E-state index in [1.807, 2.05) is 12.1 Å². The average molecular weight is 379 g/mol. The molecule has 1 aliphatic heterocycles. The molecule has 3 aliphatic rings. The zero-order chi connectivity index (χ0) is 16.0. The van der Waals surface area contributed by atoms with E-state index in [-0.39, 0.29) is 24.0 Å². The molecule has 0 radical (unpaired) electrons. The molecule has 3 atom stereocenters. The Morgan fingerprint density at radius 1 is 1.39 bits per heavy atom. The number of hydrogen-bond donors (Lipinski definition) is 1. The van der Waals surface area contributed by atoms with Crippen LogP contribution in [0.4, 0.5) is 0 Å². The van der Waals surface area contributed by atoms with Gasteiger partial charge in [-0.15, -0.1) is 0 Å². The normalized spacial score (nSPS) is 31.0. The monoisotopic (exact) mass is 378 g/mol. The van der Waals surface area contributed by atoms with Gasteiger partial charge >= 0.3 is 0 Å². The Labute approximate surface area is 143 Å². The molecule has 0 unspecified atom stereocenters. The van der Waals surface area contributed by atoms with Gasteiger partial charge in [-0.25, -0.2) is 5.43 Å². The zero-order valence-electron chi connectivity index (χ0n) is 13.0. The Morgan fingerprint density at radius 2 is 2.17 bits per heavy atom. The molecule has 2 saturated carbocycles. The lowest BCUT2D eigenvalue weighted by Gasteiger charge is -2.15. The fourth-order valence-electron chi connectivity index (χ4n) is 4.12. The van der Waals surface area contributed by atoms with Crippen LogP contribution in [-0.2, 0) is 4.79 Å². The van der Waals surface area contributed by atoms with Crippen molar-refractivity contribution in [1.29, 1.82) is 0 Å². The standard InChI is InChI=1S/C17H19BrN2O3/c1-17-5-3-2-4-11(17)15(17)16(21)20-19-8-10-6-13-14(7-12(10)18)23-9-22-13/h6-8,11,15H,2-5,9H2,1H3,(H,20,21)/b19-8+/t11-,15+,17+/m1/s1. The van der Waals surface area contributed by atoms with E-state index in [0.29, 0.717) is 17.4 Å². The van der Waals surface area contributed by atoms with Gasteiger partial charge in [-0.05, 0) is 52.2 Å². The Hall–Kier alpha value is -1.56. The minimum Gasteiger partial charge on any atom is -0.454 e. The van der Waals surface area contributed by atoms with Crippen LogP contribution in [0.5, 0.6) is 11.5 Å². The van der Waals surface area contributed by atoms with Gasteiger partial charge in [0.2, 0.25) is 12.7 Å². The summed E-state index contributed by atoms with van der Waals surface area (Å²) >= 11 is 3.48. The van der Waals surface area contributed by atoms with E-state index in [4.69, 9.17) is 9.47 Å². The summed E-state index contributed by atoms with van der Waals surface area (Å²) < 4.78 is 11.5. The van der Waals surface area contributed by atoms with Gasteiger partial charge in [0.15, 0.2) is 11.5 Å². The molecule has 1 N–H and O–H groups in total. The number of nitrogens with one attached hydrogen (secondary N) is 1. The third-order valence-electron chi connectivity index (χ3n) is 5.48. The summed E-state index contributed by atoms with van der Waals surface area (Å²) in [7, 11) is 0. The van der Waals surface area contributed by atoms with Crippen LogP contribution in [0.25, 0.3) is 0 Å². The number of amides is 1. The molecule has 23 heavy (non-hydrogen) atoms. The number of nitrogens with zero attached hydrogens (tertiary/aromatic N) is 1. The third-order valence-corrected chi connectivity index (χ3v) is 6.17. The van der Waals surface area contributed by atoms with Gasteiger partial charge in [0.05, 0.1) is 6.21 Å². The van der Waals surface area contributed by atoms with E-state index in [1.165, 1.54) is 19.3 Å². The van der Waals surface area contributed by atoms with E-state index in [2.05, 4.69) is 33.4 Å². The van der Waals surface area contributed by atoms with E-state index in [9.17, 15) is 4.79 Å². The lowest BCUT2D eigenvalue weighted by molar-refractivity contribution is -0.123. The molecule has 1 amide bonds. The predicted octanol–water partition coefficient (Wildman–Crippen LogP) is 3.45. The van der Waals surface area contributed by atoms with Crippen molar-refractivity contribution in [3.8, 4) is 11.5 Å². The maximum Gasteiger partial charge on any atom is 0.244 e. The van der Waals surface area contributed by atoms with Gasteiger partial charge in [-0.2, -0.15) is 5.10 Å². The molecule has 2 fully saturated rings. The largest absolute Gasteiger partial charge is 0.454 e. The highest BCUT2D eigenvalue weighted by Gasteiger charge is 2.64. The van der Waals surface area contributed by atoms with Gasteiger partial charge < -0.3 is 9.47 Å². The lowest BCUT2D eigenvalue weighted by Crippen LogP contribution is -2.22. The number of halogens is 1. The number of ether oxygens (including phenoxy) is 2. The second-order valence-corrected chi connectivity index (χ2v) is 7.65. The van der Waals surface area contributed by atoms with Gasteiger partial charge in [0, 0.05) is 16.0 Å². The Kier molecular flexibility index (Phi) is 3.59. The minimum absolute atomic E-state index is 0.0486. The zero-order valence-corrected chi connectivity index (χ0v) is 14.6. The first-order valence-electron chi connectivity index (χ1n) is 8.02. The molecule has 1 aromatic carbocycles. The fourth-order valence-corrected chi connectivity index (χ4v) is 4.54. The number of hydrazone groups is 1. The van der Waals surface area contributed by atoms with Crippen molar-refractivity contribution < 1.29 is 14.3 Å². The van der Waals surface area contributed by atoms with E-state index >= 15 is 0 Å². The van der Waals surface area contributed by atoms with E-state index in [1.54, 1.807) is 6.21 Å². The number of benzene rings is 1. The van der Waals surface area contributed by atoms with Crippen LogP contribution in [0, 0.1) is 17.3 Å². The highest BCUT2D eigenvalue weighted by atomic mass is 79.9. The summed E-state index contributed by atoms with van der Waals surface area (Å²) in [6.45, 7) is 2.47. The van der Waals surface area contributed by atoms with Gasteiger partial charge in [0.25, 0.3) is 0 Å². The van der Waals surface area contributed by atoms with Crippen molar-refractivity contribution in [2.24, 2.45) is 22.4 Å². The highest BCUT2D eigenvalue weighted by Crippen LogP contribution is 2.66. The van der Waals surface area contributed by atoms with Crippen molar-refractivity contribution >= 4 is 28.1 Å². The number of carbonyl (C=O) groups excluding carboxylic acids is 1. The summed E-state index contributed by atoms with van der Waals surface area (Å²) in [6.07, 6.45) is 6.46. The molecule has 0 saturated heterocycles. The van der Waals surface area contributed by atoms with Crippen molar-refractivity contribution in [2.45, 2.75) is 32.6 Å². The van der Waals surface area contributed by atoms with Crippen molar-refractivity contribution in [2.75, 3.05) is 6.79 Å². The molecule has 6 heteroatoms. The van der Waals surface area contributed by atoms with Crippen LogP contribution in [-0.4, -0.2) is 18.9 Å². The Balaban J connectivity index is 1.41. The fraction of sp³-hybridized carbons (Fsp3) is 0.529. The summed E-state index contributed by atoms with van der Waals surface area (Å²) in [6, 6.07) is 3.70. The molecule has 4 rings (SSSR count). The maximum atomic E-state index is 12.4. The third kappa shape index (κ3) is 2.53. The van der Waals surface area contributed by atoms with Gasteiger partial charge in [-0.3, -0.25) is 4.79 Å². The molecule has 0 bridgehead atoms. The van der Waals surface area contributed by atoms with Crippen molar-refractivity contribution in [3.05, 3.63) is 22.2 Å². The molecule has 0 spiro atoms. The highest BCUT2D eigenvalue weighted by molar-refractivity contribution is 9.10. The Bertz CT molecular complexity index is 691. The second-order valence-electron chi connectivity index (χ2n) is 6.80. The second kappa shape index (κ2) is 5.51. The predicted molar refractivity (Wildman–Crippen MR) is 89.6 cm³/mol. The lowest BCUT2D eigenvalue weighted by atomic mass is 9.90. The van der Waals surface area contributed by atoms with Gasteiger partial charge in [-0.1, -0.05) is 19.8 Å². The van der Waals surface area contributed by atoms with Gasteiger partial charge in [0.1, 0.15) is 0 Å². The average Bonchev–Trinajstić information content (AvgIpc) is 2.91. The number of rotatable bonds is 3. The number of hydrogen-bond acceptors (Lipinski definition) is 4. The number of fused-ring (bicyclic) bond motifs is 2. The molecule has 0 aromatic heterocycles. The van der Waals surface area contributed by atoms with Crippen LogP contribution in [0.3, 0.4) is 0 Å². The summed E-state index contributed by atoms with van der Waals surface area (Å²) in [4.78, 5) is 12.4. The number of carbonyl (C=O) groups is 1. The molecular formula is C17H19BrN2O3. The minimum atomic E-state index is 0.0486. The summed E-state index contributed by atoms with van der Waals surface area (Å²) in [5, 5.41) is 4.13. The maximum absolute atomic E-state index is 12.4. The van der Waals surface area contributed by atoms with Crippen molar-refractivity contribution in [3.63, 3.8) is 0 Å². The quantitative estimate of drug-likeness (QED) is 0.647. The first-order chi connectivity index (χ1) is 11.1. The van der Waals surface area contributed by atoms with Crippen molar-refractivity contribution in [1.82, 2.24) is 5.43 Å². The first kappa shape index (κ1) is 15.0. The summed E-state index contributed by atoms with van der Waals surface area (Å²) in [5.41, 5.74) is 3.75. The molecule has 2 aliphatic carbocycles. The van der Waals surface area contributed by atoms with Crippen LogP contribution in [0.2, 0.25) is 0 Å². The molecule has 5 nitrogen and oxygen atoms in total. The van der Waals surface area contributed by atoms with E-state index in [0.717, 1.165) is 16.5 Å². The topological polar surface area (TPSA) is 59.9 Å². The SMILES string of the molecule is C[C@]12CCCC[C@@H]1[C@H]2C(=O)N/N=C/c1cc2c(cc1Br)OCO2. The molecule has 1 aromatic rings. The molecule has 1 heterocycles. The van der Waals surface area contributed by atoms with Crippen LogP contribution in [0.15, 0.2) is 21.7 Å². The molecule has 122 valence electrons. The summed E-state index contributed by atoms with van der Waals surface area (Å²) in [5.74, 6) is 2.13.